The zero-order valence-electron chi connectivity index (χ0n) is 13.6. The summed E-state index contributed by atoms with van der Waals surface area (Å²) in [5.41, 5.74) is -0.549. The van der Waals surface area contributed by atoms with E-state index in [1.54, 1.807) is 0 Å². The van der Waals surface area contributed by atoms with E-state index in [1.807, 2.05) is 0 Å². The lowest BCUT2D eigenvalue weighted by molar-refractivity contribution is -0.127. The minimum absolute atomic E-state index is 0.0344. The average Bonchev–Trinajstić information content (AvgIpc) is 2.49. The van der Waals surface area contributed by atoms with E-state index in [0.717, 1.165) is 25.7 Å². The number of hydrogen-bond acceptors (Lipinski definition) is 3. The predicted molar refractivity (Wildman–Crippen MR) is 80.4 cm³/mol. The smallest absolute Gasteiger partial charge is 0.251 e. The maximum Gasteiger partial charge on any atom is 0.251 e. The van der Waals surface area contributed by atoms with Crippen molar-refractivity contribution in [2.45, 2.75) is 96.1 Å². The fourth-order valence-electron chi connectivity index (χ4n) is 4.10. The van der Waals surface area contributed by atoms with Gasteiger partial charge in [-0.25, -0.2) is 0 Å². The Bertz CT molecular complexity index is 361. The molecule has 1 unspecified atom stereocenters. The summed E-state index contributed by atoms with van der Waals surface area (Å²) in [6.45, 7) is 10.9. The largest absolute Gasteiger partial charge is 0.343 e. The molecule has 0 bridgehead atoms. The lowest BCUT2D eigenvalue weighted by Crippen LogP contribution is -2.66. The Kier molecular flexibility index (Phi) is 4.18. The number of ether oxygens (including phenoxy) is 1. The van der Waals surface area contributed by atoms with Crippen molar-refractivity contribution in [1.82, 2.24) is 10.6 Å². The van der Waals surface area contributed by atoms with Gasteiger partial charge in [-0.15, -0.1) is 0 Å². The summed E-state index contributed by atoms with van der Waals surface area (Å²) in [7, 11) is 0. The summed E-state index contributed by atoms with van der Waals surface area (Å²) in [6, 6.07) is 0. The maximum atomic E-state index is 12.2. The normalized spacial score (nSPS) is 30.4. The second-order valence-corrected chi connectivity index (χ2v) is 7.83. The van der Waals surface area contributed by atoms with Gasteiger partial charge in [0.2, 0.25) is 0 Å². The lowest BCUT2D eigenvalue weighted by Gasteiger charge is -2.50. The highest BCUT2D eigenvalue weighted by Crippen LogP contribution is 2.40. The second kappa shape index (κ2) is 5.30. The highest BCUT2D eigenvalue weighted by Gasteiger charge is 2.54. The van der Waals surface area contributed by atoms with Crippen molar-refractivity contribution in [2.24, 2.45) is 0 Å². The van der Waals surface area contributed by atoms with Crippen molar-refractivity contribution in [3.05, 3.63) is 0 Å². The molecule has 116 valence electrons. The van der Waals surface area contributed by atoms with Crippen LogP contribution in [0.15, 0.2) is 0 Å². The van der Waals surface area contributed by atoms with E-state index in [1.165, 1.54) is 12.8 Å². The van der Waals surface area contributed by atoms with Gasteiger partial charge in [-0.3, -0.25) is 4.79 Å². The number of carbonyl (C=O) groups is 1. The number of piperidine rings is 1. The van der Waals surface area contributed by atoms with Gasteiger partial charge in [0.15, 0.2) is 0 Å². The Balaban J connectivity index is 2.06. The molecule has 4 nitrogen and oxygen atoms in total. The van der Waals surface area contributed by atoms with Crippen molar-refractivity contribution >= 4 is 5.91 Å². The summed E-state index contributed by atoms with van der Waals surface area (Å²) in [5, 5.41) is 6.79. The standard InChI is InChI=1S/C16H30N2O2/c1-6-7-8-9-12-13(19)17-16(20-12)10-14(2,3)18-15(4,5)11-16/h12,18H,6-11H2,1-5H3,(H,17,19). The summed E-state index contributed by atoms with van der Waals surface area (Å²) in [5.74, 6) is 0.0783. The van der Waals surface area contributed by atoms with E-state index in [0.29, 0.717) is 0 Å². The van der Waals surface area contributed by atoms with Gasteiger partial charge in [-0.05, 0) is 34.1 Å². The maximum absolute atomic E-state index is 12.2. The van der Waals surface area contributed by atoms with E-state index in [2.05, 4.69) is 45.3 Å². The van der Waals surface area contributed by atoms with Crippen LogP contribution in [0.25, 0.3) is 0 Å². The molecule has 2 heterocycles. The van der Waals surface area contributed by atoms with Gasteiger partial charge >= 0.3 is 0 Å². The fraction of sp³-hybridized carbons (Fsp3) is 0.938. The van der Waals surface area contributed by atoms with Gasteiger partial charge in [0.1, 0.15) is 11.8 Å². The van der Waals surface area contributed by atoms with Gasteiger partial charge in [-0.1, -0.05) is 26.2 Å². The molecule has 0 aromatic carbocycles. The van der Waals surface area contributed by atoms with Crippen molar-refractivity contribution in [1.29, 1.82) is 0 Å². The third-order valence-corrected chi connectivity index (χ3v) is 4.21. The molecular formula is C16H30N2O2. The van der Waals surface area contributed by atoms with E-state index in [9.17, 15) is 4.79 Å². The Morgan fingerprint density at radius 3 is 2.30 bits per heavy atom. The van der Waals surface area contributed by atoms with E-state index in [4.69, 9.17) is 4.74 Å². The molecule has 0 aromatic rings. The third kappa shape index (κ3) is 3.53. The lowest BCUT2D eigenvalue weighted by atomic mass is 9.77. The van der Waals surface area contributed by atoms with Crippen LogP contribution in [-0.2, 0) is 9.53 Å². The molecule has 0 aromatic heterocycles. The monoisotopic (exact) mass is 282 g/mol. The van der Waals surface area contributed by atoms with Gasteiger partial charge in [-0.2, -0.15) is 0 Å². The van der Waals surface area contributed by atoms with Crippen molar-refractivity contribution in [3.8, 4) is 0 Å². The first-order chi connectivity index (χ1) is 9.17. The Morgan fingerprint density at radius 1 is 1.15 bits per heavy atom. The minimum Gasteiger partial charge on any atom is -0.343 e. The molecule has 4 heteroatoms. The van der Waals surface area contributed by atoms with Crippen molar-refractivity contribution in [3.63, 3.8) is 0 Å². The van der Waals surface area contributed by atoms with Crippen LogP contribution >= 0.6 is 0 Å². The number of nitrogens with one attached hydrogen (secondary N) is 2. The van der Waals surface area contributed by atoms with Gasteiger partial charge < -0.3 is 15.4 Å². The van der Waals surface area contributed by atoms with Crippen LogP contribution in [0.3, 0.4) is 0 Å². The van der Waals surface area contributed by atoms with Crippen molar-refractivity contribution < 1.29 is 9.53 Å². The van der Waals surface area contributed by atoms with E-state index >= 15 is 0 Å². The number of amides is 1. The molecule has 0 aliphatic carbocycles. The molecule has 0 radical (unpaired) electrons. The fourth-order valence-corrected chi connectivity index (χ4v) is 4.10. The zero-order chi connectivity index (χ0) is 15.0. The van der Waals surface area contributed by atoms with Gasteiger partial charge in [0.05, 0.1) is 0 Å². The van der Waals surface area contributed by atoms with Crippen LogP contribution in [0.1, 0.15) is 73.1 Å². The van der Waals surface area contributed by atoms with Crippen LogP contribution in [0, 0.1) is 0 Å². The van der Waals surface area contributed by atoms with Gasteiger partial charge in [0, 0.05) is 23.9 Å². The predicted octanol–water partition coefficient (Wildman–Crippen LogP) is 2.72. The molecule has 1 amide bonds. The molecule has 2 aliphatic heterocycles. The molecule has 2 fully saturated rings. The molecule has 0 saturated carbocycles. The molecule has 20 heavy (non-hydrogen) atoms. The van der Waals surface area contributed by atoms with Crippen LogP contribution in [0.5, 0.6) is 0 Å². The quantitative estimate of drug-likeness (QED) is 0.780. The van der Waals surface area contributed by atoms with E-state index < -0.39 is 5.72 Å². The third-order valence-electron chi connectivity index (χ3n) is 4.21. The summed E-state index contributed by atoms with van der Waals surface area (Å²) in [6.07, 6.45) is 5.62. The second-order valence-electron chi connectivity index (χ2n) is 7.83. The van der Waals surface area contributed by atoms with Crippen LogP contribution in [0.2, 0.25) is 0 Å². The topological polar surface area (TPSA) is 50.4 Å². The Morgan fingerprint density at radius 2 is 1.75 bits per heavy atom. The first kappa shape index (κ1) is 15.8. The van der Waals surface area contributed by atoms with Crippen LogP contribution in [0.4, 0.5) is 0 Å². The zero-order valence-corrected chi connectivity index (χ0v) is 13.6. The molecule has 1 atom stereocenters. The molecule has 1 spiro atoms. The minimum atomic E-state index is -0.480. The van der Waals surface area contributed by atoms with Gasteiger partial charge in [0.25, 0.3) is 5.91 Å². The number of hydrogen-bond donors (Lipinski definition) is 2. The summed E-state index contributed by atoms with van der Waals surface area (Å²) in [4.78, 5) is 12.2. The molecule has 2 N–H and O–H groups in total. The first-order valence-corrected chi connectivity index (χ1v) is 7.96. The van der Waals surface area contributed by atoms with Crippen LogP contribution < -0.4 is 10.6 Å². The summed E-state index contributed by atoms with van der Waals surface area (Å²) >= 11 is 0. The Labute approximate surface area is 123 Å². The summed E-state index contributed by atoms with van der Waals surface area (Å²) < 4.78 is 6.22. The number of unbranched alkanes of at least 4 members (excludes halogenated alkanes) is 2. The molecule has 2 rings (SSSR count). The van der Waals surface area contributed by atoms with Crippen molar-refractivity contribution in [2.75, 3.05) is 0 Å². The molecule has 2 saturated heterocycles. The molecular weight excluding hydrogens is 252 g/mol. The first-order valence-electron chi connectivity index (χ1n) is 7.96. The average molecular weight is 282 g/mol. The molecule has 2 aliphatic rings. The Hall–Kier alpha value is -0.610. The van der Waals surface area contributed by atoms with E-state index in [-0.39, 0.29) is 23.1 Å². The number of rotatable bonds is 4. The number of carbonyl (C=O) groups excluding carboxylic acids is 1. The SMILES string of the molecule is CCCCCC1OC2(CC(C)(C)NC(C)(C)C2)NC1=O. The van der Waals surface area contributed by atoms with Crippen LogP contribution in [-0.4, -0.2) is 28.8 Å². The highest BCUT2D eigenvalue weighted by atomic mass is 16.5. The highest BCUT2D eigenvalue weighted by molar-refractivity contribution is 5.83.